The minimum Gasteiger partial charge on any atom is -0.379 e. The molecule has 3 aromatic rings. The van der Waals surface area contributed by atoms with E-state index in [1.807, 2.05) is 12.3 Å². The molecule has 1 saturated heterocycles. The molecule has 154 valence electrons. The van der Waals surface area contributed by atoms with E-state index in [1.165, 1.54) is 5.56 Å². The van der Waals surface area contributed by atoms with Gasteiger partial charge in [0, 0.05) is 55.0 Å². The van der Waals surface area contributed by atoms with Crippen molar-refractivity contribution in [2.45, 2.75) is 12.8 Å². The van der Waals surface area contributed by atoms with Gasteiger partial charge in [0.15, 0.2) is 0 Å². The molecule has 2 aliphatic heterocycles. The van der Waals surface area contributed by atoms with Crippen molar-refractivity contribution in [1.29, 1.82) is 0 Å². The zero-order chi connectivity index (χ0) is 20.2. The van der Waals surface area contributed by atoms with Gasteiger partial charge < -0.3 is 15.0 Å². The quantitative estimate of drug-likeness (QED) is 0.658. The van der Waals surface area contributed by atoms with E-state index in [4.69, 9.17) is 9.72 Å². The molecule has 2 N–H and O–H groups in total. The number of morpholine rings is 1. The van der Waals surface area contributed by atoms with E-state index in [0.717, 1.165) is 79.9 Å². The fourth-order valence-electron chi connectivity index (χ4n) is 3.92. The van der Waals surface area contributed by atoms with Gasteiger partial charge in [-0.15, -0.1) is 0 Å². The Labute approximate surface area is 175 Å². The number of H-pyrrole nitrogens is 1. The third-order valence-electron chi connectivity index (χ3n) is 5.61. The second-order valence-corrected chi connectivity index (χ2v) is 7.63. The molecule has 5 rings (SSSR count). The van der Waals surface area contributed by atoms with Crippen molar-refractivity contribution in [2.75, 3.05) is 44.7 Å². The lowest BCUT2D eigenvalue weighted by Gasteiger charge is -2.26. The maximum absolute atomic E-state index is 5.41. The third kappa shape index (κ3) is 4.27. The molecule has 2 aromatic heterocycles. The van der Waals surface area contributed by atoms with E-state index in [-0.39, 0.29) is 0 Å². The minimum atomic E-state index is 0.594. The Morgan fingerprint density at radius 3 is 2.83 bits per heavy atom. The average molecular weight is 403 g/mol. The summed E-state index contributed by atoms with van der Waals surface area (Å²) in [6.45, 7) is 5.67. The number of nitrogens with one attached hydrogen (secondary N) is 2. The summed E-state index contributed by atoms with van der Waals surface area (Å²) in [5, 5.41) is 4.46. The molecule has 0 aliphatic carbocycles. The normalized spacial score (nSPS) is 16.4. The van der Waals surface area contributed by atoms with Crippen molar-refractivity contribution >= 4 is 17.7 Å². The van der Waals surface area contributed by atoms with Gasteiger partial charge in [0.05, 0.1) is 18.9 Å². The number of benzene rings is 1. The lowest BCUT2D eigenvalue weighted by molar-refractivity contribution is 0.0384. The summed E-state index contributed by atoms with van der Waals surface area (Å²) in [6.07, 6.45) is 8.00. The summed E-state index contributed by atoms with van der Waals surface area (Å²) >= 11 is 0. The molecule has 7 heteroatoms. The SMILES string of the molecule is C1=c2c(-c3ccnc(Nc4ccc(CCN5CCOCC5)cc4)n3)c[nH]c2=NCC1. The largest absolute Gasteiger partial charge is 0.379 e. The Morgan fingerprint density at radius 2 is 1.97 bits per heavy atom. The molecular formula is C23H26N6O. The second-order valence-electron chi connectivity index (χ2n) is 7.63. The van der Waals surface area contributed by atoms with Crippen LogP contribution in [-0.4, -0.2) is 59.2 Å². The first kappa shape index (κ1) is 19.0. The van der Waals surface area contributed by atoms with Crippen LogP contribution in [0.15, 0.2) is 47.7 Å². The maximum Gasteiger partial charge on any atom is 0.227 e. The van der Waals surface area contributed by atoms with Gasteiger partial charge in [-0.25, -0.2) is 9.97 Å². The van der Waals surface area contributed by atoms with Crippen LogP contribution in [0.2, 0.25) is 0 Å². The fourth-order valence-corrected chi connectivity index (χ4v) is 3.92. The molecule has 0 spiro atoms. The van der Waals surface area contributed by atoms with Crippen molar-refractivity contribution < 1.29 is 4.74 Å². The van der Waals surface area contributed by atoms with Crippen LogP contribution in [-0.2, 0) is 11.2 Å². The van der Waals surface area contributed by atoms with Gasteiger partial charge in [-0.2, -0.15) is 0 Å². The second kappa shape index (κ2) is 8.77. The Kier molecular flexibility index (Phi) is 5.54. The number of nitrogens with zero attached hydrogens (tertiary/aromatic N) is 4. The summed E-state index contributed by atoms with van der Waals surface area (Å²) in [5.74, 6) is 0.594. The molecule has 0 radical (unpaired) electrons. The van der Waals surface area contributed by atoms with Gasteiger partial charge in [-0.3, -0.25) is 9.89 Å². The highest BCUT2D eigenvalue weighted by Gasteiger charge is 2.11. The van der Waals surface area contributed by atoms with Gasteiger partial charge in [0.1, 0.15) is 5.49 Å². The number of fused-ring (bicyclic) bond motifs is 1. The molecule has 0 unspecified atom stereocenters. The van der Waals surface area contributed by atoms with E-state index in [1.54, 1.807) is 6.20 Å². The maximum atomic E-state index is 5.41. The molecule has 0 atom stereocenters. The molecule has 0 saturated carbocycles. The fraction of sp³-hybridized carbons (Fsp3) is 0.348. The van der Waals surface area contributed by atoms with Gasteiger partial charge in [-0.1, -0.05) is 18.2 Å². The predicted molar refractivity (Wildman–Crippen MR) is 117 cm³/mol. The van der Waals surface area contributed by atoms with Gasteiger partial charge in [0.25, 0.3) is 0 Å². The Hall–Kier alpha value is -3.03. The Bertz CT molecular complexity index is 1120. The molecule has 4 heterocycles. The van der Waals surface area contributed by atoms with Gasteiger partial charge in [-0.05, 0) is 36.6 Å². The molecule has 1 aromatic carbocycles. The third-order valence-corrected chi connectivity index (χ3v) is 5.61. The van der Waals surface area contributed by atoms with Crippen LogP contribution in [0.3, 0.4) is 0 Å². The van der Waals surface area contributed by atoms with Crippen LogP contribution in [0, 0.1) is 0 Å². The van der Waals surface area contributed by atoms with Crippen molar-refractivity contribution in [1.82, 2.24) is 19.9 Å². The zero-order valence-corrected chi connectivity index (χ0v) is 17.0. The molecule has 7 nitrogen and oxygen atoms in total. The highest BCUT2D eigenvalue weighted by atomic mass is 16.5. The summed E-state index contributed by atoms with van der Waals surface area (Å²) < 4.78 is 5.41. The molecular weight excluding hydrogens is 376 g/mol. The molecule has 0 amide bonds. The van der Waals surface area contributed by atoms with E-state index < -0.39 is 0 Å². The zero-order valence-electron chi connectivity index (χ0n) is 17.0. The van der Waals surface area contributed by atoms with Crippen LogP contribution in [0.5, 0.6) is 0 Å². The van der Waals surface area contributed by atoms with E-state index in [0.29, 0.717) is 5.95 Å². The van der Waals surface area contributed by atoms with E-state index >= 15 is 0 Å². The topological polar surface area (TPSA) is 78.4 Å². The smallest absolute Gasteiger partial charge is 0.227 e. The van der Waals surface area contributed by atoms with Crippen molar-refractivity contribution in [3.05, 3.63) is 59.0 Å². The van der Waals surface area contributed by atoms with Crippen LogP contribution in [0.4, 0.5) is 11.6 Å². The summed E-state index contributed by atoms with van der Waals surface area (Å²) in [5.41, 5.74) is 5.22. The molecule has 30 heavy (non-hydrogen) atoms. The van der Waals surface area contributed by atoms with Crippen molar-refractivity contribution in [3.63, 3.8) is 0 Å². The van der Waals surface area contributed by atoms with E-state index in [9.17, 15) is 0 Å². The first-order valence-electron chi connectivity index (χ1n) is 10.6. The minimum absolute atomic E-state index is 0.594. The van der Waals surface area contributed by atoms with Crippen LogP contribution >= 0.6 is 0 Å². The standard InChI is InChI=1S/C23H26N6O/c1-2-19-20(16-26-22(19)24-9-1)21-7-10-25-23(28-21)27-18-5-3-17(4-6-18)8-11-29-12-14-30-15-13-29/h2-7,10,16H,1,8-9,11-15H2,(H,24,26)(H,25,27,28). The number of hydrogen-bond acceptors (Lipinski definition) is 6. The van der Waals surface area contributed by atoms with Crippen LogP contribution in [0.1, 0.15) is 12.0 Å². The molecule has 1 fully saturated rings. The lowest BCUT2D eigenvalue weighted by atomic mass is 10.1. The number of rotatable bonds is 6. The van der Waals surface area contributed by atoms with Crippen LogP contribution in [0.25, 0.3) is 17.3 Å². The highest BCUT2D eigenvalue weighted by Crippen LogP contribution is 2.18. The van der Waals surface area contributed by atoms with E-state index in [2.05, 4.69) is 55.5 Å². The molecule has 2 aliphatic rings. The predicted octanol–water partition coefficient (Wildman–Crippen LogP) is 1.89. The Balaban J connectivity index is 1.26. The number of anilines is 2. The average Bonchev–Trinajstić information content (AvgIpc) is 3.24. The highest BCUT2D eigenvalue weighted by molar-refractivity contribution is 5.63. The monoisotopic (exact) mass is 402 g/mol. The lowest BCUT2D eigenvalue weighted by Crippen LogP contribution is -2.37. The number of ether oxygens (including phenoxy) is 1. The number of aromatic amines is 1. The number of hydrogen-bond donors (Lipinski definition) is 2. The summed E-state index contributed by atoms with van der Waals surface area (Å²) in [7, 11) is 0. The summed E-state index contributed by atoms with van der Waals surface area (Å²) in [4.78, 5) is 19.3. The first-order chi connectivity index (χ1) is 14.8. The molecule has 0 bridgehead atoms. The first-order valence-corrected chi connectivity index (χ1v) is 10.6. The van der Waals surface area contributed by atoms with Crippen molar-refractivity contribution in [3.8, 4) is 11.3 Å². The van der Waals surface area contributed by atoms with Gasteiger partial charge >= 0.3 is 0 Å². The summed E-state index contributed by atoms with van der Waals surface area (Å²) in [6, 6.07) is 10.5. The van der Waals surface area contributed by atoms with Crippen LogP contribution < -0.4 is 16.0 Å². The van der Waals surface area contributed by atoms with Crippen molar-refractivity contribution in [2.24, 2.45) is 4.99 Å². The Morgan fingerprint density at radius 1 is 1.10 bits per heavy atom. The van der Waals surface area contributed by atoms with Gasteiger partial charge in [0.2, 0.25) is 5.95 Å². The number of aromatic nitrogens is 3.